The van der Waals surface area contributed by atoms with Crippen LogP contribution in [0.5, 0.6) is 0 Å². The predicted molar refractivity (Wildman–Crippen MR) is 91.0 cm³/mol. The third-order valence-corrected chi connectivity index (χ3v) is 4.41. The molecule has 0 bridgehead atoms. The van der Waals surface area contributed by atoms with Gasteiger partial charge in [0, 0.05) is 26.3 Å². The fourth-order valence-electron chi connectivity index (χ4n) is 3.02. The van der Waals surface area contributed by atoms with Gasteiger partial charge in [-0.15, -0.1) is 0 Å². The Morgan fingerprint density at radius 2 is 2.10 bits per heavy atom. The maximum absolute atomic E-state index is 6.42. The van der Waals surface area contributed by atoms with Gasteiger partial charge in [0.05, 0.1) is 5.02 Å². The van der Waals surface area contributed by atoms with Gasteiger partial charge in [0.25, 0.3) is 0 Å². The fraction of sp³-hybridized carbons (Fsp3) is 0.706. The van der Waals surface area contributed by atoms with Gasteiger partial charge in [-0.05, 0) is 42.9 Å². The Balaban J connectivity index is 1.91. The zero-order valence-corrected chi connectivity index (χ0v) is 14.3. The Hall–Kier alpha value is -0.800. The molecule has 0 radical (unpaired) electrons. The standard InChI is InChI=1S/C17H28ClN3/c1-13(2)9-19-10-15-8-16(18)17(20-11-15)21(3)12-14-6-4-5-7-14/h8,11,13-14,19H,4-7,9-10,12H2,1-3H3. The molecule has 4 heteroatoms. The fourth-order valence-corrected chi connectivity index (χ4v) is 3.35. The van der Waals surface area contributed by atoms with E-state index in [0.717, 1.165) is 42.0 Å². The molecule has 0 unspecified atom stereocenters. The van der Waals surface area contributed by atoms with Crippen molar-refractivity contribution in [2.45, 2.75) is 46.1 Å². The number of nitrogens with zero attached hydrogens (tertiary/aromatic N) is 2. The largest absolute Gasteiger partial charge is 0.358 e. The van der Waals surface area contributed by atoms with Crippen LogP contribution in [0, 0.1) is 11.8 Å². The molecule has 0 atom stereocenters. The first-order valence-corrected chi connectivity index (χ1v) is 8.50. The molecule has 1 saturated carbocycles. The minimum atomic E-state index is 0.658. The quantitative estimate of drug-likeness (QED) is 0.821. The van der Waals surface area contributed by atoms with Gasteiger partial charge in [-0.2, -0.15) is 0 Å². The van der Waals surface area contributed by atoms with Crippen LogP contribution >= 0.6 is 11.6 Å². The van der Waals surface area contributed by atoms with E-state index in [1.54, 1.807) is 0 Å². The Bertz CT molecular complexity index is 442. The third-order valence-electron chi connectivity index (χ3n) is 4.13. The number of aromatic nitrogens is 1. The van der Waals surface area contributed by atoms with E-state index in [0.29, 0.717) is 5.92 Å². The monoisotopic (exact) mass is 309 g/mol. The average molecular weight is 310 g/mol. The number of nitrogens with one attached hydrogen (secondary N) is 1. The van der Waals surface area contributed by atoms with E-state index >= 15 is 0 Å². The van der Waals surface area contributed by atoms with Crippen molar-refractivity contribution in [3.63, 3.8) is 0 Å². The van der Waals surface area contributed by atoms with E-state index in [9.17, 15) is 0 Å². The molecule has 1 N–H and O–H groups in total. The summed E-state index contributed by atoms with van der Waals surface area (Å²) >= 11 is 6.42. The molecule has 0 aliphatic heterocycles. The number of hydrogen-bond acceptors (Lipinski definition) is 3. The molecule has 2 rings (SSSR count). The Kier molecular flexibility index (Phi) is 6.31. The van der Waals surface area contributed by atoms with E-state index < -0.39 is 0 Å². The summed E-state index contributed by atoms with van der Waals surface area (Å²) in [6.07, 6.45) is 7.39. The highest BCUT2D eigenvalue weighted by Crippen LogP contribution is 2.29. The molecule has 0 saturated heterocycles. The van der Waals surface area contributed by atoms with E-state index in [4.69, 9.17) is 11.6 Å². The van der Waals surface area contributed by atoms with Gasteiger partial charge in [-0.25, -0.2) is 4.98 Å². The van der Waals surface area contributed by atoms with Crippen LogP contribution in [0.25, 0.3) is 0 Å². The minimum absolute atomic E-state index is 0.658. The maximum Gasteiger partial charge on any atom is 0.147 e. The molecule has 1 aliphatic carbocycles. The normalized spacial score (nSPS) is 15.9. The smallest absolute Gasteiger partial charge is 0.147 e. The maximum atomic E-state index is 6.42. The summed E-state index contributed by atoms with van der Waals surface area (Å²) in [6, 6.07) is 2.04. The van der Waals surface area contributed by atoms with Crippen molar-refractivity contribution in [2.24, 2.45) is 11.8 Å². The van der Waals surface area contributed by atoms with Crippen LogP contribution < -0.4 is 10.2 Å². The molecule has 1 fully saturated rings. The summed E-state index contributed by atoms with van der Waals surface area (Å²) in [5, 5.41) is 4.19. The van der Waals surface area contributed by atoms with E-state index in [1.807, 2.05) is 12.3 Å². The second-order valence-corrected chi connectivity index (χ2v) is 7.11. The third kappa shape index (κ3) is 5.15. The number of anilines is 1. The molecule has 1 aliphatic rings. The van der Waals surface area contributed by atoms with Crippen LogP contribution in [0.3, 0.4) is 0 Å². The highest BCUT2D eigenvalue weighted by Gasteiger charge is 2.18. The molecule has 1 heterocycles. The first-order chi connectivity index (χ1) is 10.1. The first-order valence-electron chi connectivity index (χ1n) is 8.12. The number of halogens is 1. The summed E-state index contributed by atoms with van der Waals surface area (Å²) in [5.74, 6) is 2.38. The van der Waals surface area contributed by atoms with Crippen LogP contribution in [-0.2, 0) is 6.54 Å². The minimum Gasteiger partial charge on any atom is -0.358 e. The van der Waals surface area contributed by atoms with Crippen LogP contribution in [0.4, 0.5) is 5.82 Å². The van der Waals surface area contributed by atoms with Crippen molar-refractivity contribution in [1.82, 2.24) is 10.3 Å². The lowest BCUT2D eigenvalue weighted by atomic mass is 10.1. The highest BCUT2D eigenvalue weighted by molar-refractivity contribution is 6.33. The number of pyridine rings is 1. The van der Waals surface area contributed by atoms with Crippen LogP contribution in [0.15, 0.2) is 12.3 Å². The van der Waals surface area contributed by atoms with Crippen LogP contribution in [-0.4, -0.2) is 25.1 Å². The summed E-state index contributed by atoms with van der Waals surface area (Å²) < 4.78 is 0. The summed E-state index contributed by atoms with van der Waals surface area (Å²) in [7, 11) is 2.10. The van der Waals surface area contributed by atoms with Gasteiger partial charge in [-0.1, -0.05) is 38.3 Å². The number of hydrogen-bond donors (Lipinski definition) is 1. The van der Waals surface area contributed by atoms with Gasteiger partial charge in [-0.3, -0.25) is 0 Å². The van der Waals surface area contributed by atoms with E-state index in [1.165, 1.54) is 25.7 Å². The zero-order valence-electron chi connectivity index (χ0n) is 13.5. The van der Waals surface area contributed by atoms with Gasteiger partial charge >= 0.3 is 0 Å². The summed E-state index contributed by atoms with van der Waals surface area (Å²) in [5.41, 5.74) is 1.15. The predicted octanol–water partition coefficient (Wildman–Crippen LogP) is 4.11. The highest BCUT2D eigenvalue weighted by atomic mass is 35.5. The second kappa shape index (κ2) is 8.00. The molecule has 1 aromatic heterocycles. The van der Waals surface area contributed by atoms with Crippen molar-refractivity contribution in [3.05, 3.63) is 22.8 Å². The lowest BCUT2D eigenvalue weighted by molar-refractivity contribution is 0.544. The Morgan fingerprint density at radius 1 is 1.38 bits per heavy atom. The molecule has 0 aromatic carbocycles. The first kappa shape index (κ1) is 16.6. The van der Waals surface area contributed by atoms with E-state index in [-0.39, 0.29) is 0 Å². The molecule has 1 aromatic rings. The van der Waals surface area contributed by atoms with Crippen molar-refractivity contribution in [3.8, 4) is 0 Å². The van der Waals surface area contributed by atoms with Gasteiger partial charge in [0.1, 0.15) is 5.82 Å². The zero-order chi connectivity index (χ0) is 15.2. The second-order valence-electron chi connectivity index (χ2n) is 6.70. The molecule has 21 heavy (non-hydrogen) atoms. The van der Waals surface area contributed by atoms with Gasteiger partial charge in [0.2, 0.25) is 0 Å². The molecule has 118 valence electrons. The molecule has 0 amide bonds. The lowest BCUT2D eigenvalue weighted by Gasteiger charge is -2.23. The molecule has 3 nitrogen and oxygen atoms in total. The van der Waals surface area contributed by atoms with Crippen LogP contribution in [0.1, 0.15) is 45.1 Å². The SMILES string of the molecule is CC(C)CNCc1cnc(N(C)CC2CCCC2)c(Cl)c1. The Labute approximate surface area is 134 Å². The topological polar surface area (TPSA) is 28.2 Å². The molecule has 0 spiro atoms. The van der Waals surface area contributed by atoms with Gasteiger partial charge < -0.3 is 10.2 Å². The molecular formula is C17H28ClN3. The Morgan fingerprint density at radius 3 is 2.71 bits per heavy atom. The molecular weight excluding hydrogens is 282 g/mol. The van der Waals surface area contributed by atoms with Crippen molar-refractivity contribution in [1.29, 1.82) is 0 Å². The summed E-state index contributed by atoms with van der Waals surface area (Å²) in [6.45, 7) is 7.33. The van der Waals surface area contributed by atoms with Crippen LogP contribution in [0.2, 0.25) is 5.02 Å². The lowest BCUT2D eigenvalue weighted by Crippen LogP contribution is -2.25. The van der Waals surface area contributed by atoms with Crippen molar-refractivity contribution >= 4 is 17.4 Å². The van der Waals surface area contributed by atoms with E-state index in [2.05, 4.69) is 36.1 Å². The summed E-state index contributed by atoms with van der Waals surface area (Å²) in [4.78, 5) is 6.78. The van der Waals surface area contributed by atoms with Crippen molar-refractivity contribution < 1.29 is 0 Å². The van der Waals surface area contributed by atoms with Crippen molar-refractivity contribution in [2.75, 3.05) is 25.0 Å². The average Bonchev–Trinajstić information content (AvgIpc) is 2.91. The van der Waals surface area contributed by atoms with Gasteiger partial charge in [0.15, 0.2) is 0 Å². The number of rotatable bonds is 7.